The summed E-state index contributed by atoms with van der Waals surface area (Å²) in [5.41, 5.74) is 0.539. The van der Waals surface area contributed by atoms with Gasteiger partial charge in [0.05, 0.1) is 15.5 Å². The molecule has 31 heavy (non-hydrogen) atoms. The standard InChI is InChI=1S/C20H21N3O6S2/c24-19-11-12-20(25)23(19)16-5-9-17(10-6-16)30(26,27)21-15-3-7-18(8-4-15)31(28,29)22-13-1-2-14-22/h3-10,21H,1-2,11-14H2. The average Bonchev–Trinajstić information content (AvgIpc) is 3.39. The van der Waals surface area contributed by atoms with Crippen LogP contribution >= 0.6 is 0 Å². The van der Waals surface area contributed by atoms with Gasteiger partial charge in [-0.25, -0.2) is 16.8 Å². The molecule has 0 bridgehead atoms. The van der Waals surface area contributed by atoms with Crippen molar-refractivity contribution in [2.24, 2.45) is 0 Å². The predicted molar refractivity (Wildman–Crippen MR) is 113 cm³/mol. The first-order valence-electron chi connectivity index (χ1n) is 9.77. The van der Waals surface area contributed by atoms with E-state index >= 15 is 0 Å². The Morgan fingerprint density at radius 2 is 1.23 bits per heavy atom. The summed E-state index contributed by atoms with van der Waals surface area (Å²) in [7, 11) is -7.52. The second-order valence-electron chi connectivity index (χ2n) is 7.36. The molecule has 2 aromatic carbocycles. The van der Waals surface area contributed by atoms with E-state index in [1.165, 1.54) is 52.8 Å². The van der Waals surface area contributed by atoms with E-state index in [4.69, 9.17) is 0 Å². The van der Waals surface area contributed by atoms with Crippen LogP contribution in [0.25, 0.3) is 0 Å². The molecule has 9 nitrogen and oxygen atoms in total. The Labute approximate surface area is 180 Å². The lowest BCUT2D eigenvalue weighted by molar-refractivity contribution is -0.121. The van der Waals surface area contributed by atoms with Gasteiger partial charge in [-0.1, -0.05) is 0 Å². The van der Waals surface area contributed by atoms with Gasteiger partial charge in [0.25, 0.3) is 10.0 Å². The molecule has 2 fully saturated rings. The van der Waals surface area contributed by atoms with Gasteiger partial charge in [-0.2, -0.15) is 4.31 Å². The first-order chi connectivity index (χ1) is 14.7. The van der Waals surface area contributed by atoms with Crippen molar-refractivity contribution in [3.63, 3.8) is 0 Å². The summed E-state index contributed by atoms with van der Waals surface area (Å²) >= 11 is 0. The lowest BCUT2D eigenvalue weighted by Crippen LogP contribution is -2.28. The Balaban J connectivity index is 1.50. The molecule has 2 heterocycles. The van der Waals surface area contributed by atoms with Crippen LogP contribution < -0.4 is 9.62 Å². The summed E-state index contributed by atoms with van der Waals surface area (Å²) in [6, 6.07) is 11.0. The number of nitrogens with one attached hydrogen (secondary N) is 1. The minimum Gasteiger partial charge on any atom is -0.280 e. The third-order valence-corrected chi connectivity index (χ3v) is 8.58. The molecule has 2 aliphatic heterocycles. The molecule has 0 aliphatic carbocycles. The predicted octanol–water partition coefficient (Wildman–Crippen LogP) is 1.93. The molecule has 2 aromatic rings. The highest BCUT2D eigenvalue weighted by molar-refractivity contribution is 7.92. The molecule has 0 saturated carbocycles. The molecule has 0 unspecified atom stereocenters. The van der Waals surface area contributed by atoms with Crippen molar-refractivity contribution in [1.82, 2.24) is 4.31 Å². The van der Waals surface area contributed by atoms with Crippen LogP contribution in [0.2, 0.25) is 0 Å². The Morgan fingerprint density at radius 1 is 0.710 bits per heavy atom. The molecule has 0 spiro atoms. The van der Waals surface area contributed by atoms with Gasteiger partial charge in [0, 0.05) is 31.6 Å². The Kier molecular flexibility index (Phi) is 5.58. The zero-order valence-corrected chi connectivity index (χ0v) is 18.2. The van der Waals surface area contributed by atoms with E-state index in [0.717, 1.165) is 17.7 Å². The van der Waals surface area contributed by atoms with Gasteiger partial charge in [-0.05, 0) is 61.4 Å². The lowest BCUT2D eigenvalue weighted by Gasteiger charge is -2.16. The Hall–Kier alpha value is -2.76. The third kappa shape index (κ3) is 4.21. The molecular weight excluding hydrogens is 442 g/mol. The van der Waals surface area contributed by atoms with Crippen molar-refractivity contribution in [1.29, 1.82) is 0 Å². The van der Waals surface area contributed by atoms with Crippen LogP contribution in [-0.2, 0) is 29.6 Å². The SMILES string of the molecule is O=C1CCC(=O)N1c1ccc(S(=O)(=O)Nc2ccc(S(=O)(=O)N3CCCC3)cc2)cc1. The number of hydrogen-bond acceptors (Lipinski definition) is 6. The van der Waals surface area contributed by atoms with Crippen LogP contribution in [0.3, 0.4) is 0 Å². The van der Waals surface area contributed by atoms with Crippen LogP contribution in [0.1, 0.15) is 25.7 Å². The molecule has 1 N–H and O–H groups in total. The molecule has 2 amide bonds. The van der Waals surface area contributed by atoms with Crippen molar-refractivity contribution in [2.45, 2.75) is 35.5 Å². The lowest BCUT2D eigenvalue weighted by atomic mass is 10.3. The van der Waals surface area contributed by atoms with E-state index in [0.29, 0.717) is 18.8 Å². The number of benzene rings is 2. The summed E-state index contributed by atoms with van der Waals surface area (Å²) < 4.78 is 54.3. The summed E-state index contributed by atoms with van der Waals surface area (Å²) in [4.78, 5) is 24.7. The van der Waals surface area contributed by atoms with Gasteiger partial charge in [-0.15, -0.1) is 0 Å². The largest absolute Gasteiger partial charge is 0.280 e. The second kappa shape index (κ2) is 8.06. The fraction of sp³-hybridized carbons (Fsp3) is 0.300. The summed E-state index contributed by atoms with van der Waals surface area (Å²) in [6.45, 7) is 0.975. The molecule has 2 aliphatic rings. The molecule has 2 saturated heterocycles. The number of carbonyl (C=O) groups excluding carboxylic acids is 2. The molecule has 0 radical (unpaired) electrons. The summed E-state index contributed by atoms with van der Waals surface area (Å²) in [5, 5.41) is 0. The molecule has 164 valence electrons. The van der Waals surface area contributed by atoms with Crippen LogP contribution in [0.4, 0.5) is 11.4 Å². The molecule has 11 heteroatoms. The highest BCUT2D eigenvalue weighted by atomic mass is 32.2. The molecular formula is C20H21N3O6S2. The summed E-state index contributed by atoms with van der Waals surface area (Å²) in [5.74, 6) is -0.634. The van der Waals surface area contributed by atoms with Gasteiger partial charge >= 0.3 is 0 Å². The van der Waals surface area contributed by atoms with Crippen LogP contribution in [-0.4, -0.2) is 46.0 Å². The first kappa shape index (κ1) is 21.5. The van der Waals surface area contributed by atoms with Crippen molar-refractivity contribution >= 4 is 43.2 Å². The minimum absolute atomic E-state index is 0.0518. The van der Waals surface area contributed by atoms with Gasteiger partial charge in [0.15, 0.2) is 0 Å². The van der Waals surface area contributed by atoms with Gasteiger partial charge < -0.3 is 0 Å². The maximum absolute atomic E-state index is 12.7. The maximum Gasteiger partial charge on any atom is 0.261 e. The number of hydrogen-bond donors (Lipinski definition) is 1. The van der Waals surface area contributed by atoms with Gasteiger partial charge in [0.1, 0.15) is 0 Å². The van der Waals surface area contributed by atoms with Gasteiger partial charge in [0.2, 0.25) is 21.8 Å². The molecule has 0 atom stereocenters. The number of rotatable bonds is 6. The molecule has 4 rings (SSSR count). The number of amides is 2. The van der Waals surface area contributed by atoms with Crippen LogP contribution in [0.5, 0.6) is 0 Å². The quantitative estimate of drug-likeness (QED) is 0.654. The normalized spacial score (nSPS) is 18.0. The van der Waals surface area contributed by atoms with Crippen molar-refractivity contribution < 1.29 is 26.4 Å². The number of carbonyl (C=O) groups is 2. The highest BCUT2D eigenvalue weighted by Gasteiger charge is 2.30. The van der Waals surface area contributed by atoms with E-state index in [1.807, 2.05) is 0 Å². The van der Waals surface area contributed by atoms with E-state index in [2.05, 4.69) is 4.72 Å². The first-order valence-corrected chi connectivity index (χ1v) is 12.7. The van der Waals surface area contributed by atoms with Crippen molar-refractivity contribution in [3.8, 4) is 0 Å². The topological polar surface area (TPSA) is 121 Å². The smallest absolute Gasteiger partial charge is 0.261 e. The number of sulfonamides is 2. The van der Waals surface area contributed by atoms with Crippen LogP contribution in [0, 0.1) is 0 Å². The van der Waals surface area contributed by atoms with E-state index < -0.39 is 20.0 Å². The van der Waals surface area contributed by atoms with Crippen molar-refractivity contribution in [2.75, 3.05) is 22.7 Å². The Bertz CT molecular complexity index is 1200. The average molecular weight is 464 g/mol. The minimum atomic E-state index is -3.94. The van der Waals surface area contributed by atoms with Gasteiger partial charge in [-0.3, -0.25) is 19.2 Å². The summed E-state index contributed by atoms with van der Waals surface area (Å²) in [6.07, 6.45) is 1.94. The van der Waals surface area contributed by atoms with E-state index in [-0.39, 0.29) is 40.1 Å². The monoisotopic (exact) mass is 463 g/mol. The van der Waals surface area contributed by atoms with Crippen LogP contribution in [0.15, 0.2) is 58.3 Å². The zero-order chi connectivity index (χ0) is 22.2. The maximum atomic E-state index is 12.7. The highest BCUT2D eigenvalue weighted by Crippen LogP contribution is 2.26. The zero-order valence-electron chi connectivity index (χ0n) is 16.5. The number of imide groups is 1. The third-order valence-electron chi connectivity index (χ3n) is 5.27. The van der Waals surface area contributed by atoms with E-state index in [9.17, 15) is 26.4 Å². The van der Waals surface area contributed by atoms with Crippen molar-refractivity contribution in [3.05, 3.63) is 48.5 Å². The second-order valence-corrected chi connectivity index (χ2v) is 11.0. The number of nitrogens with zero attached hydrogens (tertiary/aromatic N) is 2. The number of anilines is 2. The van der Waals surface area contributed by atoms with E-state index in [1.54, 1.807) is 0 Å². The Morgan fingerprint density at radius 3 is 1.77 bits per heavy atom. The molecule has 0 aromatic heterocycles. The fourth-order valence-corrected chi connectivity index (χ4v) is 6.20. The fourth-order valence-electron chi connectivity index (χ4n) is 3.63.